The first-order valence-electron chi connectivity index (χ1n) is 15.5. The molecular formula is C36H45NO6. The number of amides is 1. The van der Waals surface area contributed by atoms with Crippen LogP contribution >= 0.6 is 0 Å². The number of carbonyl (C=O) groups excluding carboxylic acids is 1. The molecule has 7 nitrogen and oxygen atoms in total. The zero-order valence-electron chi connectivity index (χ0n) is 26.3. The van der Waals surface area contributed by atoms with Gasteiger partial charge in [0.1, 0.15) is 5.76 Å². The van der Waals surface area contributed by atoms with E-state index in [1.807, 2.05) is 0 Å². The monoisotopic (exact) mass is 587 g/mol. The van der Waals surface area contributed by atoms with Crippen molar-refractivity contribution in [2.45, 2.75) is 90.4 Å². The molecule has 0 spiro atoms. The highest BCUT2D eigenvalue weighted by Crippen LogP contribution is 2.57. The minimum absolute atomic E-state index is 0.0222. The van der Waals surface area contributed by atoms with Gasteiger partial charge in [-0.25, -0.2) is 0 Å². The van der Waals surface area contributed by atoms with Crippen LogP contribution in [-0.2, 0) is 16.6 Å². The van der Waals surface area contributed by atoms with Crippen molar-refractivity contribution in [2.75, 3.05) is 13.7 Å². The lowest BCUT2D eigenvalue weighted by Gasteiger charge is -2.55. The molecule has 1 fully saturated rings. The summed E-state index contributed by atoms with van der Waals surface area (Å²) in [5, 5.41) is 24.1. The Morgan fingerprint density at radius 2 is 1.84 bits per heavy atom. The number of aryl methyl sites for hydroxylation is 2. The number of phenols is 1. The van der Waals surface area contributed by atoms with Crippen LogP contribution in [0.25, 0.3) is 0 Å². The summed E-state index contributed by atoms with van der Waals surface area (Å²) in [7, 11) is 1.44. The molecule has 1 amide bonds. The number of hydrogen-bond acceptors (Lipinski definition) is 6. The molecule has 3 aromatic rings. The number of ether oxygens (including phenoxy) is 1. The van der Waals surface area contributed by atoms with Crippen molar-refractivity contribution in [3.8, 4) is 17.2 Å². The van der Waals surface area contributed by atoms with Crippen molar-refractivity contribution >= 4 is 5.91 Å². The van der Waals surface area contributed by atoms with E-state index in [9.17, 15) is 19.8 Å². The highest BCUT2D eigenvalue weighted by molar-refractivity contribution is 5.77. The third kappa shape index (κ3) is 5.78. The first-order chi connectivity index (χ1) is 20.4. The molecule has 4 atom stereocenters. The third-order valence-corrected chi connectivity index (χ3v) is 10.2. The van der Waals surface area contributed by atoms with Gasteiger partial charge in [0.2, 0.25) is 17.1 Å². The van der Waals surface area contributed by atoms with Crippen molar-refractivity contribution < 1.29 is 24.2 Å². The molecule has 1 aromatic heterocycles. The van der Waals surface area contributed by atoms with Gasteiger partial charge in [-0.3, -0.25) is 9.59 Å². The van der Waals surface area contributed by atoms with Crippen LogP contribution in [0.3, 0.4) is 0 Å². The second-order valence-electron chi connectivity index (χ2n) is 13.5. The number of fused-ring (bicyclic) bond motifs is 3. The molecule has 230 valence electrons. The molecule has 3 N–H and O–H groups in total. The average molecular weight is 588 g/mol. The van der Waals surface area contributed by atoms with Crippen LogP contribution in [0.5, 0.6) is 17.2 Å². The molecule has 0 aliphatic heterocycles. The van der Waals surface area contributed by atoms with Crippen molar-refractivity contribution in [1.29, 1.82) is 0 Å². The molecule has 4 unspecified atom stereocenters. The van der Waals surface area contributed by atoms with Gasteiger partial charge in [-0.15, -0.1) is 0 Å². The Morgan fingerprint density at radius 1 is 1.09 bits per heavy atom. The van der Waals surface area contributed by atoms with Gasteiger partial charge >= 0.3 is 0 Å². The van der Waals surface area contributed by atoms with Crippen molar-refractivity contribution in [1.82, 2.24) is 5.32 Å². The van der Waals surface area contributed by atoms with Gasteiger partial charge < -0.3 is 24.7 Å². The van der Waals surface area contributed by atoms with E-state index in [2.05, 4.69) is 51.2 Å². The van der Waals surface area contributed by atoms with Gasteiger partial charge in [0, 0.05) is 19.0 Å². The number of carbonyl (C=O) groups is 1. The van der Waals surface area contributed by atoms with E-state index in [4.69, 9.17) is 9.15 Å². The predicted octanol–water partition coefficient (Wildman–Crippen LogP) is 6.84. The fourth-order valence-electron chi connectivity index (χ4n) is 7.91. The molecule has 5 rings (SSSR count). The Hall–Kier alpha value is -3.74. The normalized spacial score (nSPS) is 23.7. The Kier molecular flexibility index (Phi) is 8.39. The van der Waals surface area contributed by atoms with Gasteiger partial charge in [-0.1, -0.05) is 58.4 Å². The van der Waals surface area contributed by atoms with Crippen molar-refractivity contribution in [2.24, 2.45) is 11.3 Å². The summed E-state index contributed by atoms with van der Waals surface area (Å²) in [6, 6.07) is 13.0. The lowest BCUT2D eigenvalue weighted by atomic mass is 9.49. The Morgan fingerprint density at radius 3 is 2.56 bits per heavy atom. The van der Waals surface area contributed by atoms with Gasteiger partial charge in [0.25, 0.3) is 0 Å². The first-order valence-corrected chi connectivity index (χ1v) is 15.5. The summed E-state index contributed by atoms with van der Waals surface area (Å²) < 4.78 is 11.1. The van der Waals surface area contributed by atoms with Gasteiger partial charge in [-0.05, 0) is 89.7 Å². The molecule has 2 aliphatic rings. The SMILES string of the molecule is COc1cc(C(CC(=O)NCC2(C)CCCC3(C)c4ccc(C(C)C)cc4CCC23)c2oc(C)cc(=O)c2O)ccc1O. The van der Waals surface area contributed by atoms with E-state index in [1.54, 1.807) is 19.1 Å². The molecular weight excluding hydrogens is 542 g/mol. The van der Waals surface area contributed by atoms with E-state index in [0.717, 1.165) is 32.1 Å². The molecule has 0 bridgehead atoms. The molecule has 2 aromatic carbocycles. The molecule has 2 aliphatic carbocycles. The second kappa shape index (κ2) is 11.7. The van der Waals surface area contributed by atoms with Crippen LogP contribution in [0.2, 0.25) is 0 Å². The molecule has 7 heteroatoms. The Labute approximate surface area is 254 Å². The summed E-state index contributed by atoms with van der Waals surface area (Å²) in [5.74, 6) is -0.0138. The summed E-state index contributed by atoms with van der Waals surface area (Å²) in [6.07, 6.45) is 5.38. The fourth-order valence-corrected chi connectivity index (χ4v) is 7.91. The van der Waals surface area contributed by atoms with Crippen LogP contribution in [0.15, 0.2) is 51.7 Å². The number of nitrogens with one attached hydrogen (secondary N) is 1. The minimum Gasteiger partial charge on any atom is -0.504 e. The highest BCUT2D eigenvalue weighted by atomic mass is 16.5. The third-order valence-electron chi connectivity index (χ3n) is 10.2. The molecule has 1 heterocycles. The van der Waals surface area contributed by atoms with Gasteiger partial charge in [-0.2, -0.15) is 0 Å². The number of benzene rings is 2. The summed E-state index contributed by atoms with van der Waals surface area (Å²) in [6.45, 7) is 11.4. The lowest BCUT2D eigenvalue weighted by Crippen LogP contribution is -2.53. The largest absolute Gasteiger partial charge is 0.504 e. The zero-order valence-corrected chi connectivity index (χ0v) is 26.3. The average Bonchev–Trinajstić information content (AvgIpc) is 2.97. The number of methoxy groups -OCH3 is 1. The number of phenolic OH excluding ortho intramolecular Hbond substituents is 1. The van der Waals surface area contributed by atoms with Crippen molar-refractivity contribution in [3.05, 3.63) is 86.5 Å². The topological polar surface area (TPSA) is 109 Å². The van der Waals surface area contributed by atoms with Gasteiger partial charge in [0.05, 0.1) is 13.0 Å². The Bertz CT molecular complexity index is 1570. The zero-order chi connectivity index (χ0) is 31.1. The first kappa shape index (κ1) is 30.7. The number of rotatable bonds is 8. The minimum atomic E-state index is -0.761. The Balaban J connectivity index is 1.39. The molecule has 0 radical (unpaired) electrons. The van der Waals surface area contributed by atoms with Crippen LogP contribution in [-0.4, -0.2) is 29.8 Å². The number of aromatic hydroxyl groups is 2. The summed E-state index contributed by atoms with van der Waals surface area (Å²) in [5.41, 5.74) is 4.33. The maximum Gasteiger partial charge on any atom is 0.227 e. The summed E-state index contributed by atoms with van der Waals surface area (Å²) in [4.78, 5) is 26.1. The maximum atomic E-state index is 13.6. The van der Waals surface area contributed by atoms with Crippen LogP contribution in [0.4, 0.5) is 0 Å². The molecule has 1 saturated carbocycles. The van der Waals surface area contributed by atoms with Crippen LogP contribution in [0, 0.1) is 18.3 Å². The second-order valence-corrected chi connectivity index (χ2v) is 13.5. The van der Waals surface area contributed by atoms with Gasteiger partial charge in [0.15, 0.2) is 17.3 Å². The highest BCUT2D eigenvalue weighted by Gasteiger charge is 2.51. The van der Waals surface area contributed by atoms with E-state index in [1.165, 1.54) is 35.9 Å². The summed E-state index contributed by atoms with van der Waals surface area (Å²) >= 11 is 0. The molecule has 0 saturated heterocycles. The fraction of sp³-hybridized carbons (Fsp3) is 0.500. The smallest absolute Gasteiger partial charge is 0.227 e. The quantitative estimate of drug-likeness (QED) is 0.266. The van der Waals surface area contributed by atoms with E-state index in [-0.39, 0.29) is 40.4 Å². The van der Waals surface area contributed by atoms with E-state index in [0.29, 0.717) is 29.7 Å². The lowest BCUT2D eigenvalue weighted by molar-refractivity contribution is -0.122. The number of hydrogen-bond donors (Lipinski definition) is 3. The maximum absolute atomic E-state index is 13.6. The standard InChI is InChI=1S/C36H45NO6/c1-21(2)23-8-11-27-25(17-23)10-13-31-35(4,14-7-15-36(27,31)5)20-37-32(40)19-26(24-9-12-28(38)30(18-24)42-6)34-33(41)29(39)16-22(3)43-34/h8-9,11-12,16-18,21,26,31,38,41H,7,10,13-15,19-20H2,1-6H3,(H,37,40). The van der Waals surface area contributed by atoms with E-state index < -0.39 is 17.1 Å². The van der Waals surface area contributed by atoms with E-state index >= 15 is 0 Å². The molecule has 43 heavy (non-hydrogen) atoms. The predicted molar refractivity (Wildman–Crippen MR) is 167 cm³/mol. The van der Waals surface area contributed by atoms with Crippen LogP contribution in [0.1, 0.15) is 105 Å². The van der Waals surface area contributed by atoms with Crippen molar-refractivity contribution in [3.63, 3.8) is 0 Å². The van der Waals surface area contributed by atoms with Crippen LogP contribution < -0.4 is 15.5 Å².